The summed E-state index contributed by atoms with van der Waals surface area (Å²) in [7, 11) is 0. The molecule has 4 heteroatoms. The molecule has 0 heterocycles. The smallest absolute Gasteiger partial charge is 0.323 e. The van der Waals surface area contributed by atoms with Crippen LogP contribution in [0.4, 0.5) is 0 Å². The van der Waals surface area contributed by atoms with Crippen LogP contribution in [0.5, 0.6) is 0 Å². The second kappa shape index (κ2) is 2.64. The summed E-state index contributed by atoms with van der Waals surface area (Å²) in [6, 6.07) is -2.67. The number of hydrogen-bond acceptors (Lipinski definition) is 3. The molecule has 4 N–H and O–H groups in total. The van der Waals surface area contributed by atoms with E-state index in [1.54, 1.807) is 0 Å². The van der Waals surface area contributed by atoms with E-state index in [0.29, 0.717) is 0 Å². The van der Waals surface area contributed by atoms with E-state index in [-0.39, 0.29) is 0 Å². The number of carbonyl (C=O) groups is 1. The van der Waals surface area contributed by atoms with Gasteiger partial charge in [-0.1, -0.05) is 0 Å². The van der Waals surface area contributed by atoms with Crippen molar-refractivity contribution in [3.05, 3.63) is 0 Å². The third-order valence-electron chi connectivity index (χ3n) is 0.620. The zero-order chi connectivity index (χ0) is 8.58. The van der Waals surface area contributed by atoms with Gasteiger partial charge in [-0.05, 0) is 6.92 Å². The quantitative estimate of drug-likeness (QED) is 0.427. The molecule has 4 nitrogen and oxygen atoms in total. The molecule has 0 amide bonds. The van der Waals surface area contributed by atoms with Gasteiger partial charge in [0.25, 0.3) is 0 Å². The Labute approximate surface area is 49.7 Å². The maximum absolute atomic E-state index is 10.1. The fourth-order valence-electron chi connectivity index (χ4n) is 0.155. The molecule has 2 unspecified atom stereocenters. The molecule has 0 radical (unpaired) electrons. The van der Waals surface area contributed by atoms with Crippen molar-refractivity contribution in [2.24, 2.45) is 5.73 Å². The largest absolute Gasteiger partial charge is 0.480 e. The molecule has 0 aliphatic rings. The van der Waals surface area contributed by atoms with Gasteiger partial charge in [0.1, 0.15) is 6.02 Å². The molecule has 0 saturated carbocycles. The van der Waals surface area contributed by atoms with Crippen molar-refractivity contribution in [3.8, 4) is 0 Å². The summed E-state index contributed by atoms with van der Waals surface area (Å²) >= 11 is 0. The first-order chi connectivity index (χ1) is 4.19. The van der Waals surface area contributed by atoms with Gasteiger partial charge in [-0.3, -0.25) is 4.79 Å². The van der Waals surface area contributed by atoms with Crippen molar-refractivity contribution >= 4 is 5.97 Å². The predicted molar refractivity (Wildman–Crippen MR) is 27.3 cm³/mol. The van der Waals surface area contributed by atoms with Gasteiger partial charge in [0.05, 0.1) is 8.82 Å². The molecule has 0 aliphatic heterocycles. The molecule has 0 aromatic rings. The molecule has 0 bridgehead atoms. The lowest BCUT2D eigenvalue weighted by atomic mass is 10.2. The van der Waals surface area contributed by atoms with E-state index in [0.717, 1.165) is 6.92 Å². The first-order valence-electron chi connectivity index (χ1n) is 2.94. The van der Waals surface area contributed by atoms with E-state index in [9.17, 15) is 4.79 Å². The van der Waals surface area contributed by atoms with Crippen molar-refractivity contribution in [2.45, 2.75) is 19.0 Å². The van der Waals surface area contributed by atoms with Crippen molar-refractivity contribution in [3.63, 3.8) is 0 Å². The molecule has 0 spiro atoms. The van der Waals surface area contributed by atoms with E-state index in [2.05, 4.69) is 0 Å². The number of aliphatic hydroxyl groups is 1. The fourth-order valence-corrected chi connectivity index (χ4v) is 0.155. The molecule has 48 valence electrons. The molecule has 8 heavy (non-hydrogen) atoms. The van der Waals surface area contributed by atoms with Gasteiger partial charge in [0.15, 0.2) is 0 Å². The zero-order valence-electron chi connectivity index (χ0n) is 6.38. The summed E-state index contributed by atoms with van der Waals surface area (Å²) < 4.78 is 13.5. The Morgan fingerprint density at radius 1 is 2.00 bits per heavy atom. The minimum Gasteiger partial charge on any atom is -0.480 e. The Bertz CT molecular complexity index is 151. The highest BCUT2D eigenvalue weighted by molar-refractivity contribution is 5.73. The summed E-state index contributed by atoms with van der Waals surface area (Å²) in [6.07, 6.45) is -2.49. The lowest BCUT2D eigenvalue weighted by Crippen LogP contribution is -2.39. The van der Waals surface area contributed by atoms with E-state index in [4.69, 9.17) is 18.7 Å². The summed E-state index contributed by atoms with van der Waals surface area (Å²) in [5.74, 6) is -1.73. The van der Waals surface area contributed by atoms with E-state index in [1.165, 1.54) is 0 Å². The second-order valence-electron chi connectivity index (χ2n) is 1.30. The lowest BCUT2D eigenvalue weighted by molar-refractivity contribution is -0.140. The standard InChI is InChI=1S/C4H9NO3/c1-2(6)3(5)4(7)8/h2-3,6H,5H2,1H3,(H,7,8)/i2D,3D. The van der Waals surface area contributed by atoms with Gasteiger partial charge >= 0.3 is 5.97 Å². The van der Waals surface area contributed by atoms with E-state index in [1.807, 2.05) is 0 Å². The number of carboxylic acid groups (broad SMARTS) is 1. The molecular weight excluding hydrogens is 110 g/mol. The van der Waals surface area contributed by atoms with Crippen molar-refractivity contribution < 1.29 is 17.7 Å². The number of nitrogens with two attached hydrogens (primary N) is 1. The monoisotopic (exact) mass is 121 g/mol. The molecule has 0 rings (SSSR count). The predicted octanol–water partition coefficient (Wildman–Crippen LogP) is -1.22. The molecule has 0 aromatic heterocycles. The minimum atomic E-state index is -2.67. The second-order valence-corrected chi connectivity index (χ2v) is 1.30. The van der Waals surface area contributed by atoms with Gasteiger partial charge in [0.2, 0.25) is 0 Å². The average molecular weight is 121 g/mol. The minimum absolute atomic E-state index is 0.841. The molecule has 2 atom stereocenters. The highest BCUT2D eigenvalue weighted by Gasteiger charge is 2.16. The number of carboxylic acids is 1. The van der Waals surface area contributed by atoms with Crippen LogP contribution < -0.4 is 5.73 Å². The first kappa shape index (κ1) is 4.29. The Hall–Kier alpha value is -0.610. The van der Waals surface area contributed by atoms with E-state index < -0.39 is 18.1 Å². The summed E-state index contributed by atoms with van der Waals surface area (Å²) in [5.41, 5.74) is 4.77. The zero-order valence-corrected chi connectivity index (χ0v) is 4.38. The fraction of sp³-hybridized carbons (Fsp3) is 0.750. The average Bonchev–Trinajstić information content (AvgIpc) is 1.62. The maximum Gasteiger partial charge on any atom is 0.323 e. The van der Waals surface area contributed by atoms with Crippen LogP contribution in [0, 0.1) is 0 Å². The van der Waals surface area contributed by atoms with Crippen LogP contribution in [-0.4, -0.2) is 28.3 Å². The van der Waals surface area contributed by atoms with Crippen molar-refractivity contribution in [1.29, 1.82) is 0 Å². The molecule has 0 aromatic carbocycles. The maximum atomic E-state index is 10.1. The summed E-state index contributed by atoms with van der Waals surface area (Å²) in [6.45, 7) is 0.841. The normalized spacial score (nSPS) is 28.9. The van der Waals surface area contributed by atoms with Crippen molar-refractivity contribution in [1.82, 2.24) is 0 Å². The third kappa shape index (κ3) is 1.90. The van der Waals surface area contributed by atoms with Gasteiger partial charge < -0.3 is 15.9 Å². The number of hydrogen-bond donors (Lipinski definition) is 3. The Balaban J connectivity index is 4.57. The Morgan fingerprint density at radius 2 is 2.38 bits per heavy atom. The van der Waals surface area contributed by atoms with Crippen molar-refractivity contribution in [2.75, 3.05) is 0 Å². The molecule has 0 saturated heterocycles. The topological polar surface area (TPSA) is 83.5 Å². The van der Waals surface area contributed by atoms with Crippen LogP contribution in [0.3, 0.4) is 0 Å². The van der Waals surface area contributed by atoms with Crippen LogP contribution in [0.1, 0.15) is 9.67 Å². The van der Waals surface area contributed by atoms with Crippen LogP contribution in [0.2, 0.25) is 0 Å². The van der Waals surface area contributed by atoms with E-state index >= 15 is 0 Å². The molecule has 0 fully saturated rings. The highest BCUT2D eigenvalue weighted by atomic mass is 16.4. The Morgan fingerprint density at radius 3 is 2.38 bits per heavy atom. The lowest BCUT2D eigenvalue weighted by Gasteiger charge is -2.06. The number of aliphatic carboxylic acids is 1. The van der Waals surface area contributed by atoms with Crippen LogP contribution in [0.25, 0.3) is 0 Å². The van der Waals surface area contributed by atoms with Crippen LogP contribution in [-0.2, 0) is 4.79 Å². The number of rotatable bonds is 2. The molecular formula is C4H9NO3. The first-order valence-corrected chi connectivity index (χ1v) is 1.94. The van der Waals surface area contributed by atoms with Crippen LogP contribution in [0.15, 0.2) is 0 Å². The SMILES string of the molecule is [2H]C(C)(O)C([2H])(N)C(=O)O. The molecule has 0 aliphatic carbocycles. The summed E-state index contributed by atoms with van der Waals surface area (Å²) in [4.78, 5) is 10.1. The Kier molecular flexibility index (Phi) is 1.41. The highest BCUT2D eigenvalue weighted by Crippen LogP contribution is 1.85. The summed E-state index contributed by atoms with van der Waals surface area (Å²) in [5, 5.41) is 16.9. The van der Waals surface area contributed by atoms with Gasteiger partial charge in [0, 0.05) is 0 Å². The third-order valence-corrected chi connectivity index (χ3v) is 0.620. The van der Waals surface area contributed by atoms with Gasteiger partial charge in [-0.2, -0.15) is 0 Å². The van der Waals surface area contributed by atoms with Gasteiger partial charge in [-0.25, -0.2) is 0 Å². The van der Waals surface area contributed by atoms with Crippen LogP contribution >= 0.6 is 0 Å². The van der Waals surface area contributed by atoms with Gasteiger partial charge in [-0.15, -0.1) is 0 Å².